The first-order valence-corrected chi connectivity index (χ1v) is 6.57. The molecule has 0 amide bonds. The van der Waals surface area contributed by atoms with Gasteiger partial charge in [0.2, 0.25) is 0 Å². The number of hydrogen-bond donors (Lipinski definition) is 1. The molecule has 0 saturated carbocycles. The maximum atomic E-state index is 11.9. The number of alkyl halides is 3. The maximum Gasteiger partial charge on any atom is 0.411 e. The van der Waals surface area contributed by atoms with Gasteiger partial charge in [-0.25, -0.2) is 4.79 Å². The Morgan fingerprint density at radius 3 is 2.76 bits per heavy atom. The third kappa shape index (κ3) is 4.71. The van der Waals surface area contributed by atoms with Gasteiger partial charge in [-0.15, -0.1) is 0 Å². The van der Waals surface area contributed by atoms with Crippen LogP contribution in [0.2, 0.25) is 0 Å². The van der Waals surface area contributed by atoms with Gasteiger partial charge in [0.15, 0.2) is 0 Å². The van der Waals surface area contributed by atoms with E-state index >= 15 is 0 Å². The summed E-state index contributed by atoms with van der Waals surface area (Å²) in [5.41, 5.74) is 2.23. The molecule has 21 heavy (non-hydrogen) atoms. The van der Waals surface area contributed by atoms with Crippen LogP contribution in [0, 0.1) is 0 Å². The Bertz CT molecular complexity index is 517. The molecular weight excluding hydrogens is 287 g/mol. The van der Waals surface area contributed by atoms with Crippen LogP contribution in [-0.2, 0) is 17.7 Å². The number of carboxylic acids is 1. The van der Waals surface area contributed by atoms with Crippen LogP contribution in [0.5, 0.6) is 0 Å². The van der Waals surface area contributed by atoms with Crippen LogP contribution >= 0.6 is 0 Å². The molecule has 0 bridgehead atoms. The fourth-order valence-electron chi connectivity index (χ4n) is 2.32. The molecule has 1 aromatic rings. The molecule has 0 aliphatic carbocycles. The summed E-state index contributed by atoms with van der Waals surface area (Å²) in [6.45, 7) is 0.432. The lowest BCUT2D eigenvalue weighted by Crippen LogP contribution is -2.34. The number of benzene rings is 1. The minimum Gasteiger partial charge on any atom is -0.478 e. The fourth-order valence-corrected chi connectivity index (χ4v) is 2.32. The first-order chi connectivity index (χ1) is 9.85. The van der Waals surface area contributed by atoms with Gasteiger partial charge < -0.3 is 9.84 Å². The van der Waals surface area contributed by atoms with Crippen molar-refractivity contribution < 1.29 is 27.8 Å². The highest BCUT2D eigenvalue weighted by atomic mass is 19.4. The molecular formula is C14H16F3NO3. The molecule has 1 heterocycles. The molecule has 1 aromatic carbocycles. The average molecular weight is 303 g/mol. The molecule has 116 valence electrons. The lowest BCUT2D eigenvalue weighted by Gasteiger charge is -2.28. The molecule has 0 aromatic heterocycles. The molecule has 0 saturated heterocycles. The second kappa shape index (κ2) is 6.44. The zero-order chi connectivity index (χ0) is 15.5. The van der Waals surface area contributed by atoms with Gasteiger partial charge in [-0.3, -0.25) is 4.90 Å². The Labute approximate surface area is 120 Å². The maximum absolute atomic E-state index is 11.9. The standard InChI is InChI=1S/C14H16F3NO3/c15-14(16,17)9-21-6-5-18-4-3-10-1-2-11(13(19)20)7-12(10)8-18/h1-2,7H,3-6,8-9H2,(H,19,20). The summed E-state index contributed by atoms with van der Waals surface area (Å²) in [5.74, 6) is -0.983. The third-order valence-corrected chi connectivity index (χ3v) is 3.36. The van der Waals surface area contributed by atoms with Crippen molar-refractivity contribution in [3.05, 3.63) is 34.9 Å². The monoisotopic (exact) mass is 303 g/mol. The van der Waals surface area contributed by atoms with E-state index in [0.717, 1.165) is 24.1 Å². The van der Waals surface area contributed by atoms with Crippen molar-refractivity contribution in [2.75, 3.05) is 26.3 Å². The van der Waals surface area contributed by atoms with Gasteiger partial charge in [0.05, 0.1) is 12.2 Å². The minimum atomic E-state index is -4.30. The van der Waals surface area contributed by atoms with E-state index in [-0.39, 0.29) is 12.2 Å². The Morgan fingerprint density at radius 2 is 2.10 bits per heavy atom. The third-order valence-electron chi connectivity index (χ3n) is 3.36. The van der Waals surface area contributed by atoms with Crippen LogP contribution in [0.1, 0.15) is 21.5 Å². The van der Waals surface area contributed by atoms with Gasteiger partial charge in [0.25, 0.3) is 0 Å². The lowest BCUT2D eigenvalue weighted by atomic mass is 9.97. The van der Waals surface area contributed by atoms with Gasteiger partial charge in [-0.1, -0.05) is 6.07 Å². The van der Waals surface area contributed by atoms with Crippen molar-refractivity contribution in [1.29, 1.82) is 0 Å². The number of carbonyl (C=O) groups is 1. The van der Waals surface area contributed by atoms with Crippen molar-refractivity contribution in [2.45, 2.75) is 19.1 Å². The van der Waals surface area contributed by atoms with Crippen LogP contribution in [0.25, 0.3) is 0 Å². The quantitative estimate of drug-likeness (QED) is 0.848. The van der Waals surface area contributed by atoms with Gasteiger partial charge in [0, 0.05) is 19.6 Å². The summed E-state index contributed by atoms with van der Waals surface area (Å²) in [6.07, 6.45) is -3.54. The molecule has 0 fully saturated rings. The van der Waals surface area contributed by atoms with Crippen molar-refractivity contribution in [3.8, 4) is 0 Å². The first kappa shape index (κ1) is 15.8. The highest BCUT2D eigenvalue weighted by Crippen LogP contribution is 2.20. The van der Waals surface area contributed by atoms with Crippen molar-refractivity contribution in [1.82, 2.24) is 4.90 Å². The highest BCUT2D eigenvalue weighted by molar-refractivity contribution is 5.87. The van der Waals surface area contributed by atoms with E-state index in [9.17, 15) is 18.0 Å². The van der Waals surface area contributed by atoms with E-state index in [2.05, 4.69) is 4.74 Å². The molecule has 0 unspecified atom stereocenters. The Hall–Kier alpha value is -1.60. The number of fused-ring (bicyclic) bond motifs is 1. The highest BCUT2D eigenvalue weighted by Gasteiger charge is 2.27. The summed E-state index contributed by atoms with van der Waals surface area (Å²) < 4.78 is 40.4. The molecule has 2 rings (SSSR count). The zero-order valence-corrected chi connectivity index (χ0v) is 11.3. The van der Waals surface area contributed by atoms with E-state index in [1.54, 1.807) is 18.2 Å². The fraction of sp³-hybridized carbons (Fsp3) is 0.500. The van der Waals surface area contributed by atoms with Crippen molar-refractivity contribution in [2.24, 2.45) is 0 Å². The number of halogens is 3. The van der Waals surface area contributed by atoms with Crippen LogP contribution < -0.4 is 0 Å². The van der Waals surface area contributed by atoms with E-state index in [4.69, 9.17) is 5.11 Å². The van der Waals surface area contributed by atoms with Gasteiger partial charge >= 0.3 is 12.1 Å². The molecule has 0 spiro atoms. The topological polar surface area (TPSA) is 49.8 Å². The van der Waals surface area contributed by atoms with Crippen LogP contribution in [-0.4, -0.2) is 48.5 Å². The molecule has 7 heteroatoms. The number of hydrogen-bond acceptors (Lipinski definition) is 3. The second-order valence-corrected chi connectivity index (χ2v) is 4.98. The number of carboxylic acid groups (broad SMARTS) is 1. The number of aromatic carboxylic acids is 1. The second-order valence-electron chi connectivity index (χ2n) is 4.98. The molecule has 1 N–H and O–H groups in total. The summed E-state index contributed by atoms with van der Waals surface area (Å²) in [5, 5.41) is 8.96. The average Bonchev–Trinajstić information content (AvgIpc) is 2.41. The van der Waals surface area contributed by atoms with E-state index in [1.165, 1.54) is 0 Å². The van der Waals surface area contributed by atoms with Crippen molar-refractivity contribution >= 4 is 5.97 Å². The van der Waals surface area contributed by atoms with Gasteiger partial charge in [0.1, 0.15) is 6.61 Å². The summed E-state index contributed by atoms with van der Waals surface area (Å²) in [4.78, 5) is 12.9. The molecule has 0 atom stereocenters. The zero-order valence-electron chi connectivity index (χ0n) is 11.3. The van der Waals surface area contributed by atoms with Crippen LogP contribution in [0.4, 0.5) is 13.2 Å². The van der Waals surface area contributed by atoms with Gasteiger partial charge in [-0.2, -0.15) is 13.2 Å². The van der Waals surface area contributed by atoms with Crippen LogP contribution in [0.15, 0.2) is 18.2 Å². The normalized spacial score (nSPS) is 15.8. The van der Waals surface area contributed by atoms with Crippen LogP contribution in [0.3, 0.4) is 0 Å². The summed E-state index contributed by atoms with van der Waals surface area (Å²) in [6, 6.07) is 5.00. The minimum absolute atomic E-state index is 0.00741. The number of rotatable bonds is 5. The van der Waals surface area contributed by atoms with E-state index in [1.807, 2.05) is 4.90 Å². The summed E-state index contributed by atoms with van der Waals surface area (Å²) in [7, 11) is 0. The predicted octanol–water partition coefficient (Wildman–Crippen LogP) is 2.32. The predicted molar refractivity (Wildman–Crippen MR) is 69.3 cm³/mol. The SMILES string of the molecule is O=C(O)c1ccc2c(c1)CN(CCOCC(F)(F)F)CC2. The summed E-state index contributed by atoms with van der Waals surface area (Å²) >= 11 is 0. The first-order valence-electron chi connectivity index (χ1n) is 6.57. The Balaban J connectivity index is 1.87. The largest absolute Gasteiger partial charge is 0.478 e. The Morgan fingerprint density at radius 1 is 1.33 bits per heavy atom. The van der Waals surface area contributed by atoms with E-state index in [0.29, 0.717) is 13.1 Å². The lowest BCUT2D eigenvalue weighted by molar-refractivity contribution is -0.174. The molecule has 4 nitrogen and oxygen atoms in total. The Kier molecular flexibility index (Phi) is 4.84. The number of nitrogens with zero attached hydrogens (tertiary/aromatic N) is 1. The smallest absolute Gasteiger partial charge is 0.411 e. The molecule has 1 aliphatic heterocycles. The molecule has 0 radical (unpaired) electrons. The van der Waals surface area contributed by atoms with Crippen molar-refractivity contribution in [3.63, 3.8) is 0 Å². The van der Waals surface area contributed by atoms with Gasteiger partial charge in [-0.05, 0) is 29.7 Å². The van der Waals surface area contributed by atoms with E-state index < -0.39 is 18.8 Å². The number of ether oxygens (including phenoxy) is 1. The molecule has 1 aliphatic rings.